The Balaban J connectivity index is 2.27. The monoisotopic (exact) mass is 252 g/mol. The first-order chi connectivity index (χ1) is 8.61. The van der Waals surface area contributed by atoms with Gasteiger partial charge in [0, 0.05) is 12.2 Å². The highest BCUT2D eigenvalue weighted by Gasteiger charge is 2.07. The minimum atomic E-state index is -0.511. The molecule has 0 aliphatic heterocycles. The third-order valence-electron chi connectivity index (χ3n) is 2.69. The molecule has 102 valence electrons. The molecule has 0 radical (unpaired) electrons. The van der Waals surface area contributed by atoms with E-state index in [9.17, 15) is 5.11 Å². The van der Waals surface area contributed by atoms with Gasteiger partial charge in [0.05, 0.1) is 12.7 Å². The Hall–Kier alpha value is -1.06. The maximum absolute atomic E-state index is 9.60. The first-order valence-electron chi connectivity index (χ1n) is 6.58. The molecule has 1 aromatic rings. The molecule has 0 bridgehead atoms. The van der Waals surface area contributed by atoms with E-state index in [2.05, 4.69) is 13.8 Å². The van der Waals surface area contributed by atoms with Gasteiger partial charge in [0.1, 0.15) is 12.4 Å². The topological polar surface area (TPSA) is 38.7 Å². The van der Waals surface area contributed by atoms with Crippen LogP contribution in [0.1, 0.15) is 38.9 Å². The largest absolute Gasteiger partial charge is 0.491 e. The average Bonchev–Trinajstić information content (AvgIpc) is 2.33. The van der Waals surface area contributed by atoms with Crippen LogP contribution >= 0.6 is 0 Å². The van der Waals surface area contributed by atoms with Crippen LogP contribution in [0.3, 0.4) is 0 Å². The Morgan fingerprint density at radius 3 is 2.44 bits per heavy atom. The summed E-state index contributed by atoms with van der Waals surface area (Å²) in [6.07, 6.45) is 0.563. The van der Waals surface area contributed by atoms with Crippen LogP contribution < -0.4 is 4.74 Å². The summed E-state index contributed by atoms with van der Waals surface area (Å²) < 4.78 is 11.1. The summed E-state index contributed by atoms with van der Waals surface area (Å²) in [7, 11) is 0. The molecule has 0 spiro atoms. The van der Waals surface area contributed by atoms with Crippen LogP contribution in [0.4, 0.5) is 0 Å². The van der Waals surface area contributed by atoms with Gasteiger partial charge in [-0.1, -0.05) is 32.0 Å². The maximum atomic E-state index is 9.60. The van der Waals surface area contributed by atoms with Crippen LogP contribution in [0.25, 0.3) is 0 Å². The van der Waals surface area contributed by atoms with Crippen molar-refractivity contribution < 1.29 is 14.6 Å². The van der Waals surface area contributed by atoms with Gasteiger partial charge in [0.15, 0.2) is 0 Å². The van der Waals surface area contributed by atoms with E-state index in [1.807, 2.05) is 24.3 Å². The number of hydrogen-bond donors (Lipinski definition) is 1. The predicted molar refractivity (Wildman–Crippen MR) is 72.8 cm³/mol. The molecule has 0 aromatic heterocycles. The Morgan fingerprint density at radius 1 is 1.06 bits per heavy atom. The fourth-order valence-electron chi connectivity index (χ4n) is 1.59. The lowest BCUT2D eigenvalue weighted by Gasteiger charge is -2.13. The van der Waals surface area contributed by atoms with Gasteiger partial charge >= 0.3 is 0 Å². The van der Waals surface area contributed by atoms with Crippen LogP contribution in [-0.4, -0.2) is 24.9 Å². The molecule has 1 N–H and O–H groups in total. The first kappa shape index (κ1) is 15.0. The van der Waals surface area contributed by atoms with Gasteiger partial charge in [-0.25, -0.2) is 0 Å². The first-order valence-corrected chi connectivity index (χ1v) is 6.58. The van der Waals surface area contributed by atoms with E-state index < -0.39 is 6.10 Å². The number of ether oxygens (including phenoxy) is 2. The average molecular weight is 252 g/mol. The van der Waals surface area contributed by atoms with E-state index in [0.29, 0.717) is 19.1 Å². The van der Waals surface area contributed by atoms with Crippen LogP contribution in [0.15, 0.2) is 24.3 Å². The molecule has 1 aromatic carbocycles. The lowest BCUT2D eigenvalue weighted by Crippen LogP contribution is -2.10. The van der Waals surface area contributed by atoms with Gasteiger partial charge in [-0.2, -0.15) is 0 Å². The molecule has 0 fully saturated rings. The molecule has 3 heteroatoms. The lowest BCUT2D eigenvalue weighted by molar-refractivity contribution is 0.0909. The Labute approximate surface area is 110 Å². The third kappa shape index (κ3) is 5.52. The highest BCUT2D eigenvalue weighted by Crippen LogP contribution is 2.24. The second-order valence-electron chi connectivity index (χ2n) is 4.86. The van der Waals surface area contributed by atoms with Crippen molar-refractivity contribution in [3.05, 3.63) is 29.8 Å². The predicted octanol–water partition coefficient (Wildman–Crippen LogP) is 3.18. The van der Waals surface area contributed by atoms with Crippen molar-refractivity contribution in [2.75, 3.05) is 19.8 Å². The lowest BCUT2D eigenvalue weighted by atomic mass is 10.1. The number of hydrogen-bond acceptors (Lipinski definition) is 3. The summed E-state index contributed by atoms with van der Waals surface area (Å²) >= 11 is 0. The van der Waals surface area contributed by atoms with Crippen molar-refractivity contribution in [3.63, 3.8) is 0 Å². The van der Waals surface area contributed by atoms with E-state index in [1.165, 1.54) is 0 Å². The van der Waals surface area contributed by atoms with Crippen molar-refractivity contribution in [2.24, 2.45) is 5.92 Å². The smallest absolute Gasteiger partial charge is 0.125 e. The molecule has 18 heavy (non-hydrogen) atoms. The van der Waals surface area contributed by atoms with Crippen molar-refractivity contribution >= 4 is 0 Å². The van der Waals surface area contributed by atoms with Gasteiger partial charge in [-0.3, -0.25) is 0 Å². The Bertz CT molecular complexity index is 334. The standard InChI is InChI=1S/C15H24O3/c1-12(2)8-9-17-10-11-18-15-7-5-4-6-14(15)13(3)16/h4-7,12-13,16H,8-11H2,1-3H3/t13-/m0/s1. The van der Waals surface area contributed by atoms with E-state index >= 15 is 0 Å². The molecule has 1 rings (SSSR count). The van der Waals surface area contributed by atoms with Crippen LogP contribution in [0.2, 0.25) is 0 Å². The Morgan fingerprint density at radius 2 is 1.78 bits per heavy atom. The molecule has 0 saturated heterocycles. The van der Waals surface area contributed by atoms with Crippen molar-refractivity contribution in [1.82, 2.24) is 0 Å². The molecular weight excluding hydrogens is 228 g/mol. The highest BCUT2D eigenvalue weighted by atomic mass is 16.5. The second-order valence-corrected chi connectivity index (χ2v) is 4.86. The van der Waals surface area contributed by atoms with Gasteiger partial charge in [-0.15, -0.1) is 0 Å². The van der Waals surface area contributed by atoms with Gasteiger partial charge in [0.25, 0.3) is 0 Å². The second kappa shape index (κ2) is 8.11. The third-order valence-corrected chi connectivity index (χ3v) is 2.69. The fourth-order valence-corrected chi connectivity index (χ4v) is 1.59. The molecule has 0 aliphatic carbocycles. The highest BCUT2D eigenvalue weighted by molar-refractivity contribution is 5.34. The maximum Gasteiger partial charge on any atom is 0.125 e. The van der Waals surface area contributed by atoms with E-state index in [1.54, 1.807) is 6.92 Å². The van der Waals surface area contributed by atoms with Gasteiger partial charge < -0.3 is 14.6 Å². The van der Waals surface area contributed by atoms with Crippen molar-refractivity contribution in [2.45, 2.75) is 33.3 Å². The minimum absolute atomic E-state index is 0.511. The number of benzene rings is 1. The van der Waals surface area contributed by atoms with Gasteiger partial charge in [-0.05, 0) is 25.3 Å². The summed E-state index contributed by atoms with van der Waals surface area (Å²) in [6.45, 7) is 7.97. The number of aliphatic hydroxyl groups is 1. The fraction of sp³-hybridized carbons (Fsp3) is 0.600. The van der Waals surface area contributed by atoms with E-state index in [-0.39, 0.29) is 0 Å². The molecular formula is C15H24O3. The molecule has 0 saturated carbocycles. The zero-order chi connectivity index (χ0) is 13.4. The summed E-state index contributed by atoms with van der Waals surface area (Å²) in [5.74, 6) is 1.40. The SMILES string of the molecule is CC(C)CCOCCOc1ccccc1[C@H](C)O. The van der Waals surface area contributed by atoms with E-state index in [0.717, 1.165) is 24.3 Å². The minimum Gasteiger partial charge on any atom is -0.491 e. The van der Waals surface area contributed by atoms with Crippen LogP contribution in [0, 0.1) is 5.92 Å². The quantitative estimate of drug-likeness (QED) is 0.722. The zero-order valence-corrected chi connectivity index (χ0v) is 11.6. The van der Waals surface area contributed by atoms with Crippen LogP contribution in [0.5, 0.6) is 5.75 Å². The number of rotatable bonds is 8. The number of aliphatic hydroxyl groups excluding tert-OH is 1. The molecule has 0 heterocycles. The number of para-hydroxylation sites is 1. The van der Waals surface area contributed by atoms with Crippen molar-refractivity contribution in [3.8, 4) is 5.75 Å². The normalized spacial score (nSPS) is 12.7. The zero-order valence-electron chi connectivity index (χ0n) is 11.6. The Kier molecular flexibility index (Phi) is 6.76. The summed E-state index contributed by atoms with van der Waals surface area (Å²) in [5.41, 5.74) is 0.819. The van der Waals surface area contributed by atoms with Gasteiger partial charge in [0.2, 0.25) is 0 Å². The van der Waals surface area contributed by atoms with Crippen LogP contribution in [-0.2, 0) is 4.74 Å². The molecule has 3 nitrogen and oxygen atoms in total. The molecule has 0 amide bonds. The summed E-state index contributed by atoms with van der Waals surface area (Å²) in [6, 6.07) is 7.55. The molecule has 0 unspecified atom stereocenters. The van der Waals surface area contributed by atoms with E-state index in [4.69, 9.17) is 9.47 Å². The van der Waals surface area contributed by atoms with Crippen molar-refractivity contribution in [1.29, 1.82) is 0 Å². The summed E-state index contributed by atoms with van der Waals surface area (Å²) in [5, 5.41) is 9.60. The summed E-state index contributed by atoms with van der Waals surface area (Å²) in [4.78, 5) is 0. The molecule has 1 atom stereocenters. The molecule has 0 aliphatic rings.